The largest absolute Gasteiger partial charge is 0.486 e. The molecule has 0 aliphatic rings. The number of nitrogens with zero attached hydrogens (tertiary/aromatic N) is 4. The minimum absolute atomic E-state index is 0.0352. The van der Waals surface area contributed by atoms with Crippen molar-refractivity contribution in [1.82, 2.24) is 20.2 Å². The highest BCUT2D eigenvalue weighted by molar-refractivity contribution is 5.87. The minimum Gasteiger partial charge on any atom is -0.486 e. The second-order valence-corrected chi connectivity index (χ2v) is 4.60. The molecule has 0 aliphatic heterocycles. The summed E-state index contributed by atoms with van der Waals surface area (Å²) in [6, 6.07) is 11.8. The number of hydrogen-bond donors (Lipinski definition) is 1. The number of aromatic nitrogens is 4. The molecule has 0 atom stereocenters. The predicted octanol–water partition coefficient (Wildman–Crippen LogP) is 2.08. The molecule has 0 bridgehead atoms. The van der Waals surface area contributed by atoms with E-state index in [9.17, 15) is 9.18 Å². The normalized spacial score (nSPS) is 10.5. The van der Waals surface area contributed by atoms with Crippen LogP contribution in [-0.2, 0) is 6.61 Å². The summed E-state index contributed by atoms with van der Waals surface area (Å²) in [6.07, 6.45) is 0. The van der Waals surface area contributed by atoms with Gasteiger partial charge >= 0.3 is 5.97 Å². The molecular weight excluding hydrogens is 303 g/mol. The summed E-state index contributed by atoms with van der Waals surface area (Å²) >= 11 is 0. The van der Waals surface area contributed by atoms with Crippen molar-refractivity contribution < 1.29 is 19.0 Å². The van der Waals surface area contributed by atoms with Crippen LogP contribution in [0, 0.1) is 5.82 Å². The molecule has 8 heteroatoms. The first kappa shape index (κ1) is 14.6. The topological polar surface area (TPSA) is 90.1 Å². The average Bonchev–Trinajstić information content (AvgIpc) is 3.02. The maximum Gasteiger partial charge on any atom is 0.335 e. The minimum atomic E-state index is -1.04. The lowest BCUT2D eigenvalue weighted by Gasteiger charge is -2.07. The number of halogens is 1. The van der Waals surface area contributed by atoms with E-state index in [1.165, 1.54) is 28.9 Å². The van der Waals surface area contributed by atoms with Crippen molar-refractivity contribution in [1.29, 1.82) is 0 Å². The van der Waals surface area contributed by atoms with Gasteiger partial charge in [-0.1, -0.05) is 6.07 Å². The van der Waals surface area contributed by atoms with E-state index >= 15 is 0 Å². The lowest BCUT2D eigenvalue weighted by atomic mass is 10.2. The van der Waals surface area contributed by atoms with Crippen LogP contribution < -0.4 is 4.74 Å². The van der Waals surface area contributed by atoms with Crippen LogP contribution in [0.25, 0.3) is 5.69 Å². The molecule has 3 aromatic rings. The van der Waals surface area contributed by atoms with E-state index in [-0.39, 0.29) is 18.0 Å². The van der Waals surface area contributed by atoms with Crippen LogP contribution in [0.2, 0.25) is 0 Å². The van der Waals surface area contributed by atoms with Gasteiger partial charge in [-0.05, 0) is 52.9 Å². The first-order chi connectivity index (χ1) is 11.1. The summed E-state index contributed by atoms with van der Waals surface area (Å²) in [4.78, 5) is 10.9. The number of tetrazole rings is 1. The number of benzene rings is 2. The zero-order valence-corrected chi connectivity index (χ0v) is 11.8. The van der Waals surface area contributed by atoms with Crippen molar-refractivity contribution in [3.8, 4) is 11.4 Å². The van der Waals surface area contributed by atoms with Crippen molar-refractivity contribution in [3.63, 3.8) is 0 Å². The Hall–Kier alpha value is -3.29. The quantitative estimate of drug-likeness (QED) is 0.775. The fourth-order valence-electron chi connectivity index (χ4n) is 1.95. The Bertz CT molecular complexity index is 833. The van der Waals surface area contributed by atoms with Crippen molar-refractivity contribution in [2.24, 2.45) is 0 Å². The van der Waals surface area contributed by atoms with Gasteiger partial charge in [-0.2, -0.15) is 4.68 Å². The van der Waals surface area contributed by atoms with Gasteiger partial charge in [0, 0.05) is 0 Å². The van der Waals surface area contributed by atoms with E-state index in [0.717, 1.165) is 0 Å². The number of carboxylic acid groups (broad SMARTS) is 1. The van der Waals surface area contributed by atoms with E-state index in [4.69, 9.17) is 9.84 Å². The Morgan fingerprint density at radius 3 is 2.74 bits per heavy atom. The van der Waals surface area contributed by atoms with E-state index in [0.29, 0.717) is 17.3 Å². The molecule has 23 heavy (non-hydrogen) atoms. The molecule has 1 aromatic heterocycles. The van der Waals surface area contributed by atoms with Gasteiger partial charge in [0.05, 0.1) is 11.3 Å². The van der Waals surface area contributed by atoms with Gasteiger partial charge < -0.3 is 9.84 Å². The van der Waals surface area contributed by atoms with E-state index < -0.39 is 5.97 Å². The summed E-state index contributed by atoms with van der Waals surface area (Å²) in [7, 11) is 0. The molecule has 2 aromatic carbocycles. The van der Waals surface area contributed by atoms with Gasteiger partial charge in [-0.3, -0.25) is 0 Å². The van der Waals surface area contributed by atoms with Gasteiger partial charge in [0.25, 0.3) is 0 Å². The van der Waals surface area contributed by atoms with Crippen LogP contribution in [0.15, 0.2) is 48.5 Å². The molecule has 0 spiro atoms. The molecule has 0 saturated heterocycles. The Morgan fingerprint density at radius 2 is 2.00 bits per heavy atom. The number of rotatable bonds is 5. The Kier molecular flexibility index (Phi) is 3.96. The molecule has 1 N–H and O–H groups in total. The Balaban J connectivity index is 1.77. The van der Waals surface area contributed by atoms with Crippen LogP contribution in [0.5, 0.6) is 5.75 Å². The SMILES string of the molecule is O=C(O)c1cccc(OCc2nnnn2-c2ccc(F)cc2)c1. The van der Waals surface area contributed by atoms with Crippen molar-refractivity contribution in [3.05, 3.63) is 65.7 Å². The molecule has 116 valence electrons. The maximum absolute atomic E-state index is 13.0. The number of ether oxygens (including phenoxy) is 1. The summed E-state index contributed by atoms with van der Waals surface area (Å²) in [6.45, 7) is 0.0352. The smallest absolute Gasteiger partial charge is 0.335 e. The summed E-state index contributed by atoms with van der Waals surface area (Å²) in [5.41, 5.74) is 0.718. The monoisotopic (exact) mass is 314 g/mol. The standard InChI is InChI=1S/C15H11FN4O3/c16-11-4-6-12(7-5-11)20-14(17-18-19-20)9-23-13-3-1-2-10(8-13)15(21)22/h1-8H,9H2,(H,21,22). The zero-order chi connectivity index (χ0) is 16.2. The number of aromatic carboxylic acids is 1. The fourth-order valence-corrected chi connectivity index (χ4v) is 1.95. The molecular formula is C15H11FN4O3. The first-order valence-corrected chi connectivity index (χ1v) is 6.63. The molecule has 0 fully saturated rings. The molecule has 0 saturated carbocycles. The molecule has 7 nitrogen and oxygen atoms in total. The molecule has 0 radical (unpaired) electrons. The average molecular weight is 314 g/mol. The van der Waals surface area contributed by atoms with Crippen molar-refractivity contribution >= 4 is 5.97 Å². The summed E-state index contributed by atoms with van der Waals surface area (Å²) in [5, 5.41) is 20.2. The maximum atomic E-state index is 13.0. The second-order valence-electron chi connectivity index (χ2n) is 4.60. The van der Waals surface area contributed by atoms with Crippen LogP contribution in [0.1, 0.15) is 16.2 Å². The van der Waals surface area contributed by atoms with Crippen LogP contribution in [0.4, 0.5) is 4.39 Å². The first-order valence-electron chi connectivity index (χ1n) is 6.63. The van der Waals surface area contributed by atoms with Gasteiger partial charge in [0.1, 0.15) is 18.2 Å². The number of carbonyl (C=O) groups is 1. The van der Waals surface area contributed by atoms with E-state index in [1.54, 1.807) is 24.3 Å². The Morgan fingerprint density at radius 1 is 1.22 bits per heavy atom. The molecule has 0 aliphatic carbocycles. The van der Waals surface area contributed by atoms with Crippen LogP contribution in [-0.4, -0.2) is 31.3 Å². The lowest BCUT2D eigenvalue weighted by molar-refractivity contribution is 0.0696. The third-order valence-electron chi connectivity index (χ3n) is 3.05. The second kappa shape index (κ2) is 6.22. The molecule has 3 rings (SSSR count). The van der Waals surface area contributed by atoms with Crippen LogP contribution >= 0.6 is 0 Å². The third-order valence-corrected chi connectivity index (χ3v) is 3.05. The van der Waals surface area contributed by atoms with E-state index in [2.05, 4.69) is 15.5 Å². The van der Waals surface area contributed by atoms with Gasteiger partial charge in [0.15, 0.2) is 5.82 Å². The lowest BCUT2D eigenvalue weighted by Crippen LogP contribution is -2.07. The fraction of sp³-hybridized carbons (Fsp3) is 0.0667. The zero-order valence-electron chi connectivity index (χ0n) is 11.8. The highest BCUT2D eigenvalue weighted by Gasteiger charge is 2.10. The van der Waals surface area contributed by atoms with Gasteiger partial charge in [-0.15, -0.1) is 5.10 Å². The van der Waals surface area contributed by atoms with Gasteiger partial charge in [-0.25, -0.2) is 9.18 Å². The van der Waals surface area contributed by atoms with Gasteiger partial charge in [0.2, 0.25) is 0 Å². The molecule has 1 heterocycles. The van der Waals surface area contributed by atoms with Crippen molar-refractivity contribution in [2.75, 3.05) is 0 Å². The van der Waals surface area contributed by atoms with Crippen LogP contribution in [0.3, 0.4) is 0 Å². The van der Waals surface area contributed by atoms with Crippen molar-refractivity contribution in [2.45, 2.75) is 6.61 Å². The number of hydrogen-bond acceptors (Lipinski definition) is 5. The van der Waals surface area contributed by atoms with E-state index in [1.807, 2.05) is 0 Å². The predicted molar refractivity (Wildman–Crippen MR) is 76.8 cm³/mol. The highest BCUT2D eigenvalue weighted by atomic mass is 19.1. The summed E-state index contributed by atoms with van der Waals surface area (Å²) < 4.78 is 19.9. The third kappa shape index (κ3) is 3.31. The molecule has 0 unspecified atom stereocenters. The Labute approximate surface area is 129 Å². The summed E-state index contributed by atoms with van der Waals surface area (Å²) in [5.74, 6) is -0.604. The number of carboxylic acids is 1. The highest BCUT2D eigenvalue weighted by Crippen LogP contribution is 2.16. The molecule has 0 amide bonds.